The fourth-order valence-corrected chi connectivity index (χ4v) is 0.858. The van der Waals surface area contributed by atoms with E-state index in [2.05, 4.69) is 27.7 Å². The van der Waals surface area contributed by atoms with Crippen LogP contribution in [0, 0.1) is 0 Å². The Balaban J connectivity index is 3.51. The zero-order valence-electron chi connectivity index (χ0n) is 8.80. The van der Waals surface area contributed by atoms with Crippen LogP contribution in [0.2, 0.25) is 0 Å². The Labute approximate surface area is 76.3 Å². The molecule has 74 valence electrons. The summed E-state index contributed by atoms with van der Waals surface area (Å²) in [7, 11) is 0. The molecule has 2 heteroatoms. The standard InChI is InChI=1S/C10H22O2/c1-5-8-11-10(7-3)12-9(4)6-2/h9-10H,5-8H2,1-4H3. The van der Waals surface area contributed by atoms with Gasteiger partial charge in [-0.05, 0) is 26.2 Å². The van der Waals surface area contributed by atoms with Crippen LogP contribution in [-0.2, 0) is 9.47 Å². The van der Waals surface area contributed by atoms with Gasteiger partial charge >= 0.3 is 0 Å². The normalized spacial score (nSPS) is 16.0. The smallest absolute Gasteiger partial charge is 0.157 e. The van der Waals surface area contributed by atoms with Gasteiger partial charge in [0.2, 0.25) is 0 Å². The van der Waals surface area contributed by atoms with E-state index in [9.17, 15) is 0 Å². The highest BCUT2D eigenvalue weighted by Gasteiger charge is 2.09. The molecule has 0 saturated heterocycles. The number of hydrogen-bond acceptors (Lipinski definition) is 2. The number of rotatable bonds is 7. The second kappa shape index (κ2) is 7.56. The highest BCUT2D eigenvalue weighted by atomic mass is 16.7. The summed E-state index contributed by atoms with van der Waals surface area (Å²) in [5.41, 5.74) is 0. The van der Waals surface area contributed by atoms with Gasteiger partial charge < -0.3 is 9.47 Å². The van der Waals surface area contributed by atoms with Gasteiger partial charge in [0.15, 0.2) is 6.29 Å². The maximum atomic E-state index is 5.63. The van der Waals surface area contributed by atoms with E-state index in [1.54, 1.807) is 0 Å². The largest absolute Gasteiger partial charge is 0.353 e. The maximum Gasteiger partial charge on any atom is 0.157 e. The molecule has 0 saturated carbocycles. The van der Waals surface area contributed by atoms with Crippen molar-refractivity contribution < 1.29 is 9.47 Å². The van der Waals surface area contributed by atoms with Crippen LogP contribution in [0.1, 0.15) is 47.0 Å². The minimum absolute atomic E-state index is 0.0000926. The molecule has 0 rings (SSSR count). The predicted molar refractivity (Wildman–Crippen MR) is 51.2 cm³/mol. The van der Waals surface area contributed by atoms with Gasteiger partial charge in [-0.1, -0.05) is 20.8 Å². The average molecular weight is 174 g/mol. The summed E-state index contributed by atoms with van der Waals surface area (Å²) in [6, 6.07) is 0. The van der Waals surface area contributed by atoms with Crippen molar-refractivity contribution in [2.45, 2.75) is 59.4 Å². The molecule has 0 amide bonds. The van der Waals surface area contributed by atoms with E-state index in [1.165, 1.54) is 0 Å². The minimum Gasteiger partial charge on any atom is -0.353 e. The molecule has 0 N–H and O–H groups in total. The van der Waals surface area contributed by atoms with E-state index in [0.29, 0.717) is 6.10 Å². The molecule has 2 atom stereocenters. The van der Waals surface area contributed by atoms with E-state index in [4.69, 9.17) is 9.47 Å². The van der Waals surface area contributed by atoms with Gasteiger partial charge in [-0.3, -0.25) is 0 Å². The summed E-state index contributed by atoms with van der Waals surface area (Å²) in [6.07, 6.45) is 3.35. The summed E-state index contributed by atoms with van der Waals surface area (Å²) in [4.78, 5) is 0. The molecule has 2 nitrogen and oxygen atoms in total. The lowest BCUT2D eigenvalue weighted by Gasteiger charge is -2.20. The summed E-state index contributed by atoms with van der Waals surface area (Å²) in [5, 5.41) is 0. The monoisotopic (exact) mass is 174 g/mol. The lowest BCUT2D eigenvalue weighted by atomic mass is 10.3. The van der Waals surface area contributed by atoms with Crippen LogP contribution in [0.4, 0.5) is 0 Å². The zero-order chi connectivity index (χ0) is 9.40. The second-order valence-electron chi connectivity index (χ2n) is 3.06. The van der Waals surface area contributed by atoms with Crippen LogP contribution >= 0.6 is 0 Å². The predicted octanol–water partition coefficient (Wildman–Crippen LogP) is 2.96. The van der Waals surface area contributed by atoms with Crippen molar-refractivity contribution in [3.63, 3.8) is 0 Å². The molecule has 0 aliphatic heterocycles. The van der Waals surface area contributed by atoms with Gasteiger partial charge in [0.25, 0.3) is 0 Å². The first-order chi connectivity index (χ1) is 5.74. The van der Waals surface area contributed by atoms with E-state index < -0.39 is 0 Å². The van der Waals surface area contributed by atoms with Crippen molar-refractivity contribution in [2.24, 2.45) is 0 Å². The van der Waals surface area contributed by atoms with Gasteiger partial charge in [0, 0.05) is 6.61 Å². The summed E-state index contributed by atoms with van der Waals surface area (Å²) < 4.78 is 11.1. The van der Waals surface area contributed by atoms with Crippen LogP contribution in [0.25, 0.3) is 0 Å². The fraction of sp³-hybridized carbons (Fsp3) is 1.00. The number of hydrogen-bond donors (Lipinski definition) is 0. The third-order valence-electron chi connectivity index (χ3n) is 1.80. The van der Waals surface area contributed by atoms with Crippen LogP contribution in [-0.4, -0.2) is 19.0 Å². The van der Waals surface area contributed by atoms with Gasteiger partial charge in [-0.2, -0.15) is 0 Å². The molecular formula is C10H22O2. The van der Waals surface area contributed by atoms with Gasteiger partial charge in [-0.25, -0.2) is 0 Å². The Morgan fingerprint density at radius 1 is 1.08 bits per heavy atom. The van der Waals surface area contributed by atoms with Crippen LogP contribution in [0.3, 0.4) is 0 Å². The van der Waals surface area contributed by atoms with E-state index in [-0.39, 0.29) is 6.29 Å². The van der Waals surface area contributed by atoms with Crippen molar-refractivity contribution in [1.29, 1.82) is 0 Å². The Morgan fingerprint density at radius 2 is 1.75 bits per heavy atom. The SMILES string of the molecule is CCCOC(CC)OC(C)CC. The molecule has 2 unspecified atom stereocenters. The highest BCUT2D eigenvalue weighted by molar-refractivity contribution is 4.48. The zero-order valence-corrected chi connectivity index (χ0v) is 8.80. The number of ether oxygens (including phenoxy) is 2. The Kier molecular flexibility index (Phi) is 7.51. The molecular weight excluding hydrogens is 152 g/mol. The molecule has 0 radical (unpaired) electrons. The maximum absolute atomic E-state index is 5.63. The van der Waals surface area contributed by atoms with Gasteiger partial charge in [-0.15, -0.1) is 0 Å². The van der Waals surface area contributed by atoms with Crippen molar-refractivity contribution in [2.75, 3.05) is 6.61 Å². The molecule has 12 heavy (non-hydrogen) atoms. The van der Waals surface area contributed by atoms with Gasteiger partial charge in [0.05, 0.1) is 6.10 Å². The Hall–Kier alpha value is -0.0800. The molecule has 0 fully saturated rings. The third-order valence-corrected chi connectivity index (χ3v) is 1.80. The van der Waals surface area contributed by atoms with E-state index >= 15 is 0 Å². The first-order valence-electron chi connectivity index (χ1n) is 5.01. The van der Waals surface area contributed by atoms with E-state index in [1.807, 2.05) is 0 Å². The summed E-state index contributed by atoms with van der Waals surface area (Å²) in [6.45, 7) is 9.20. The highest BCUT2D eigenvalue weighted by Crippen LogP contribution is 2.07. The van der Waals surface area contributed by atoms with Crippen molar-refractivity contribution in [3.05, 3.63) is 0 Å². The molecule has 0 aliphatic rings. The average Bonchev–Trinajstić information content (AvgIpc) is 2.11. The second-order valence-corrected chi connectivity index (χ2v) is 3.06. The third kappa shape index (κ3) is 5.56. The molecule has 0 spiro atoms. The van der Waals surface area contributed by atoms with Crippen LogP contribution in [0.15, 0.2) is 0 Å². The first kappa shape index (κ1) is 11.9. The lowest BCUT2D eigenvalue weighted by Crippen LogP contribution is -2.22. The van der Waals surface area contributed by atoms with Crippen molar-refractivity contribution in [1.82, 2.24) is 0 Å². The Morgan fingerprint density at radius 3 is 2.17 bits per heavy atom. The summed E-state index contributed by atoms with van der Waals surface area (Å²) in [5.74, 6) is 0. The molecule has 0 aromatic rings. The molecule has 0 aromatic carbocycles. The van der Waals surface area contributed by atoms with Crippen molar-refractivity contribution in [3.8, 4) is 0 Å². The first-order valence-corrected chi connectivity index (χ1v) is 5.01. The molecule has 0 heterocycles. The van der Waals surface area contributed by atoms with Crippen LogP contribution in [0.5, 0.6) is 0 Å². The van der Waals surface area contributed by atoms with Crippen molar-refractivity contribution >= 4 is 0 Å². The van der Waals surface area contributed by atoms with Gasteiger partial charge in [0.1, 0.15) is 0 Å². The lowest BCUT2D eigenvalue weighted by molar-refractivity contribution is -0.168. The Bertz CT molecular complexity index is 93.8. The molecule has 0 aromatic heterocycles. The minimum atomic E-state index is -0.0000926. The molecule has 0 aliphatic carbocycles. The van der Waals surface area contributed by atoms with Crippen LogP contribution < -0.4 is 0 Å². The van der Waals surface area contributed by atoms with E-state index in [0.717, 1.165) is 25.9 Å². The fourth-order valence-electron chi connectivity index (χ4n) is 0.858. The quantitative estimate of drug-likeness (QED) is 0.552. The summed E-state index contributed by atoms with van der Waals surface area (Å²) >= 11 is 0. The molecule has 0 bridgehead atoms. The topological polar surface area (TPSA) is 18.5 Å².